The number of hydrogen-bond acceptors (Lipinski definition) is 6. The summed E-state index contributed by atoms with van der Waals surface area (Å²) in [5.41, 5.74) is 5.90. The predicted molar refractivity (Wildman–Crippen MR) is 241 cm³/mol. The molecule has 4 aromatic carbocycles. The van der Waals surface area contributed by atoms with E-state index in [1.54, 1.807) is 6.20 Å². The highest BCUT2D eigenvalue weighted by Gasteiger charge is 2.23. The van der Waals surface area contributed by atoms with Crippen LogP contribution in [0.4, 0.5) is 0 Å². The first-order valence-corrected chi connectivity index (χ1v) is 21.7. The summed E-state index contributed by atoms with van der Waals surface area (Å²) in [5.74, 6) is 2.93. The lowest BCUT2D eigenvalue weighted by atomic mass is 9.89. The number of hydrogen-bond donors (Lipinski definition) is 2. The van der Waals surface area contributed by atoms with E-state index < -0.39 is 0 Å². The highest BCUT2D eigenvalue weighted by molar-refractivity contribution is 9.09. The zero-order chi connectivity index (χ0) is 38.4. The molecule has 0 spiro atoms. The number of piperidine rings is 2. The third kappa shape index (κ3) is 12.7. The monoisotopic (exact) mass is 921 g/mol. The van der Waals surface area contributed by atoms with E-state index in [-0.39, 0.29) is 12.4 Å². The number of aromatic amines is 1. The van der Waals surface area contributed by atoms with Crippen molar-refractivity contribution in [1.82, 2.24) is 20.4 Å². The van der Waals surface area contributed by atoms with Gasteiger partial charge in [0.25, 0.3) is 0 Å². The molecule has 3 aliphatic rings. The number of halogens is 6. The highest BCUT2D eigenvalue weighted by atomic mass is 79.9. The second kappa shape index (κ2) is 23.2. The molecule has 4 heterocycles. The molecule has 2 N–H and O–H groups in total. The molecule has 300 valence electrons. The molecule has 5 aromatic rings. The average Bonchev–Trinajstić information content (AvgIpc) is 3.89. The Morgan fingerprint density at radius 1 is 0.750 bits per heavy atom. The molecule has 0 unspecified atom stereocenters. The Balaban J connectivity index is 0.000000175. The fourth-order valence-electron chi connectivity index (χ4n) is 7.18. The number of nitrogens with zero attached hydrogens (tertiary/aromatic N) is 3. The Hall–Kier alpha value is -2.53. The summed E-state index contributed by atoms with van der Waals surface area (Å²) >= 11 is 28.1. The molecule has 2 fully saturated rings. The van der Waals surface area contributed by atoms with Gasteiger partial charge < -0.3 is 19.7 Å². The van der Waals surface area contributed by atoms with Gasteiger partial charge in [-0.1, -0.05) is 86.6 Å². The van der Waals surface area contributed by atoms with E-state index in [0.717, 1.165) is 129 Å². The molecule has 3 aliphatic heterocycles. The van der Waals surface area contributed by atoms with Crippen molar-refractivity contribution in [3.05, 3.63) is 121 Å². The lowest BCUT2D eigenvalue weighted by Gasteiger charge is -2.32. The van der Waals surface area contributed by atoms with Crippen LogP contribution in [0.2, 0.25) is 20.1 Å². The van der Waals surface area contributed by atoms with Crippen molar-refractivity contribution in [3.8, 4) is 11.5 Å². The van der Waals surface area contributed by atoms with E-state index in [1.807, 2.05) is 54.7 Å². The molecule has 7 nitrogen and oxygen atoms in total. The van der Waals surface area contributed by atoms with Crippen LogP contribution in [0.25, 0.3) is 10.9 Å². The minimum atomic E-state index is 0. The van der Waals surface area contributed by atoms with E-state index in [2.05, 4.69) is 65.6 Å². The van der Waals surface area contributed by atoms with Crippen LogP contribution in [0.3, 0.4) is 0 Å². The third-order valence-corrected chi connectivity index (χ3v) is 12.5. The van der Waals surface area contributed by atoms with E-state index >= 15 is 0 Å². The molecule has 0 atom stereocenters. The first kappa shape index (κ1) is 44.6. The number of nitrogens with one attached hydrogen (secondary N) is 2. The van der Waals surface area contributed by atoms with E-state index in [4.69, 9.17) is 55.9 Å². The fourth-order valence-corrected chi connectivity index (χ4v) is 8.33. The maximum absolute atomic E-state index is 6.39. The van der Waals surface area contributed by atoms with Crippen LogP contribution in [-0.4, -0.2) is 72.6 Å². The summed E-state index contributed by atoms with van der Waals surface area (Å²) in [4.78, 5) is 6.81. The molecule has 2 saturated heterocycles. The van der Waals surface area contributed by atoms with Crippen LogP contribution in [0.5, 0.6) is 11.5 Å². The average molecular weight is 925 g/mol. The summed E-state index contributed by atoms with van der Waals surface area (Å²) in [5, 5.41) is 15.1. The quantitative estimate of drug-likeness (QED) is 0.102. The number of rotatable bonds is 11. The van der Waals surface area contributed by atoms with Crippen LogP contribution in [0.15, 0.2) is 84.0 Å². The molecule has 0 radical (unpaired) electrons. The third-order valence-electron chi connectivity index (χ3n) is 10.2. The lowest BCUT2D eigenvalue weighted by molar-refractivity contribution is 0.193. The molecule has 0 bridgehead atoms. The molecule has 13 heteroatoms. The van der Waals surface area contributed by atoms with Crippen molar-refractivity contribution in [2.24, 2.45) is 4.99 Å². The molecule has 0 saturated carbocycles. The second-order valence-electron chi connectivity index (χ2n) is 14.0. The zero-order valence-electron chi connectivity index (χ0n) is 31.3. The smallest absolute Gasteiger partial charge is 0.121 e. The van der Waals surface area contributed by atoms with Crippen LogP contribution in [0, 0.1) is 0 Å². The number of fused-ring (bicyclic) bond motifs is 2. The van der Waals surface area contributed by atoms with Crippen LogP contribution >= 0.6 is 74.7 Å². The van der Waals surface area contributed by atoms with Gasteiger partial charge in [0.15, 0.2) is 0 Å². The van der Waals surface area contributed by atoms with Gasteiger partial charge >= 0.3 is 0 Å². The van der Waals surface area contributed by atoms with Crippen molar-refractivity contribution in [1.29, 1.82) is 0 Å². The highest BCUT2D eigenvalue weighted by Crippen LogP contribution is 2.37. The number of aromatic nitrogens is 2. The van der Waals surface area contributed by atoms with Gasteiger partial charge in [-0.25, -0.2) is 0 Å². The van der Waals surface area contributed by atoms with Crippen LogP contribution in [0.1, 0.15) is 72.6 Å². The molecule has 1 aromatic heterocycles. The van der Waals surface area contributed by atoms with Crippen molar-refractivity contribution in [2.45, 2.75) is 56.9 Å². The van der Waals surface area contributed by atoms with E-state index in [9.17, 15) is 0 Å². The number of aliphatic imine (C=N–C) groups is 1. The maximum atomic E-state index is 6.39. The molecular weight excluding hydrogens is 876 g/mol. The van der Waals surface area contributed by atoms with Gasteiger partial charge in [0.1, 0.15) is 11.5 Å². The van der Waals surface area contributed by atoms with Gasteiger partial charge in [-0.05, 0) is 141 Å². The van der Waals surface area contributed by atoms with Crippen molar-refractivity contribution < 1.29 is 9.47 Å². The largest absolute Gasteiger partial charge is 0.494 e. The van der Waals surface area contributed by atoms with Crippen molar-refractivity contribution in [3.63, 3.8) is 0 Å². The van der Waals surface area contributed by atoms with Gasteiger partial charge in [-0.3, -0.25) is 10.1 Å². The van der Waals surface area contributed by atoms with E-state index in [1.165, 1.54) is 22.3 Å². The summed E-state index contributed by atoms with van der Waals surface area (Å²) in [6.45, 7) is 7.70. The Morgan fingerprint density at radius 2 is 1.38 bits per heavy atom. The number of benzene rings is 4. The molecule has 56 heavy (non-hydrogen) atoms. The van der Waals surface area contributed by atoms with Gasteiger partial charge in [-0.2, -0.15) is 5.10 Å². The van der Waals surface area contributed by atoms with Crippen LogP contribution in [-0.2, 0) is 6.54 Å². The first-order valence-electron chi connectivity index (χ1n) is 19.1. The minimum Gasteiger partial charge on any atom is -0.494 e. The Bertz CT molecular complexity index is 2000. The standard InChI is InChI=1S/C22H24Cl2N2O.C11H13Cl2N.C10H11BrN2O.ClH/c23-21-4-1-3-20(22(21)24)16-7-10-26(11-8-16)9-2-12-27-19-6-5-17-14-25-15-18(17)13-19;12-10-3-1-2-9(11(10)13)8-4-6-14-7-5-8;11-4-1-5-14-9-3-2-8-7-12-13-10(8)6-9;/h1,3-6,13-14,16H,2,7-12,15H2;1-3,8,14H,4-7H2;2-3,6-7H,1,4-5H2,(H,12,13);1H. The SMILES string of the molecule is BrCCCOc1ccc2cn[nH]c2c1.Cl.Clc1cccc(C2CCN(CCCOc3ccc4c(c3)CN=C4)CC2)c1Cl.Clc1cccc(C2CCNCC2)c1Cl. The maximum Gasteiger partial charge on any atom is 0.121 e. The lowest BCUT2D eigenvalue weighted by Crippen LogP contribution is -2.34. The first-order chi connectivity index (χ1) is 26.9. The van der Waals surface area contributed by atoms with Gasteiger partial charge in [0.2, 0.25) is 0 Å². The number of ether oxygens (including phenoxy) is 2. The van der Waals surface area contributed by atoms with Gasteiger partial charge in [0.05, 0.1) is 51.6 Å². The van der Waals surface area contributed by atoms with Crippen LogP contribution < -0.4 is 14.8 Å². The Morgan fingerprint density at radius 3 is 2.05 bits per heavy atom. The minimum absolute atomic E-state index is 0. The summed E-state index contributed by atoms with van der Waals surface area (Å²) in [6.07, 6.45) is 10.4. The summed E-state index contributed by atoms with van der Waals surface area (Å²) < 4.78 is 11.5. The molecule has 0 amide bonds. The molecule has 8 rings (SSSR count). The Kier molecular flexibility index (Phi) is 18.4. The molecular formula is C43H49BrCl5N5O2. The zero-order valence-corrected chi connectivity index (χ0v) is 36.7. The normalized spacial score (nSPS) is 15.6. The summed E-state index contributed by atoms with van der Waals surface area (Å²) in [7, 11) is 0. The predicted octanol–water partition coefficient (Wildman–Crippen LogP) is 12.2. The van der Waals surface area contributed by atoms with Gasteiger partial charge in [-0.15, -0.1) is 12.4 Å². The molecule has 0 aliphatic carbocycles. The number of H-pyrrole nitrogens is 1. The fraction of sp³-hybridized carbons (Fsp3) is 0.395. The number of alkyl halides is 1. The van der Waals surface area contributed by atoms with Crippen molar-refractivity contribution >= 4 is 91.9 Å². The summed E-state index contributed by atoms with van der Waals surface area (Å²) in [6, 6.07) is 24.1. The Labute approximate surface area is 365 Å². The number of likely N-dealkylation sites (tertiary alicyclic amines) is 1. The van der Waals surface area contributed by atoms with E-state index in [0.29, 0.717) is 21.9 Å². The topological polar surface area (TPSA) is 74.8 Å². The van der Waals surface area contributed by atoms with Crippen molar-refractivity contribution in [2.75, 3.05) is 51.3 Å². The second-order valence-corrected chi connectivity index (χ2v) is 16.3. The van der Waals surface area contributed by atoms with Gasteiger partial charge in [0, 0.05) is 29.5 Å².